The highest BCUT2D eigenvalue weighted by Gasteiger charge is 2.26. The van der Waals surface area contributed by atoms with Crippen molar-refractivity contribution in [1.29, 1.82) is 0 Å². The summed E-state index contributed by atoms with van der Waals surface area (Å²) in [5.74, 6) is 1.24. The van der Waals surface area contributed by atoms with E-state index in [1.807, 2.05) is 0 Å². The van der Waals surface area contributed by atoms with Crippen LogP contribution in [0.4, 0.5) is 5.82 Å². The Balaban J connectivity index is 2.39. The molecular weight excluding hydrogens is 264 g/mol. The Hall–Kier alpha value is -1.58. The van der Waals surface area contributed by atoms with Gasteiger partial charge in [0.2, 0.25) is 0 Å². The molecule has 0 aliphatic carbocycles. The molecule has 21 heavy (non-hydrogen) atoms. The average molecular weight is 290 g/mol. The topological polar surface area (TPSA) is 53.4 Å². The monoisotopic (exact) mass is 290 g/mol. The van der Waals surface area contributed by atoms with Crippen LogP contribution in [0.3, 0.4) is 0 Å². The predicted octanol–water partition coefficient (Wildman–Crippen LogP) is 3.56. The van der Waals surface area contributed by atoms with E-state index in [0.717, 1.165) is 31.0 Å². The minimum absolute atomic E-state index is 0.158. The summed E-state index contributed by atoms with van der Waals surface area (Å²) in [4.78, 5) is 18.3. The number of rotatable bonds is 2. The Labute approximate surface area is 127 Å². The van der Waals surface area contributed by atoms with Gasteiger partial charge in [0, 0.05) is 24.2 Å². The number of pyridine rings is 1. The third kappa shape index (κ3) is 3.55. The van der Waals surface area contributed by atoms with Gasteiger partial charge in [-0.3, -0.25) is 0 Å². The number of aromatic carboxylic acids is 1. The molecule has 1 N–H and O–H groups in total. The molecule has 1 aliphatic rings. The molecule has 0 saturated carbocycles. The lowest BCUT2D eigenvalue weighted by atomic mass is 9.88. The Morgan fingerprint density at radius 1 is 1.29 bits per heavy atom. The zero-order chi connectivity index (χ0) is 15.8. The van der Waals surface area contributed by atoms with Crippen molar-refractivity contribution < 1.29 is 9.90 Å². The summed E-state index contributed by atoms with van der Waals surface area (Å²) in [6, 6.07) is 3.40. The first-order chi connectivity index (χ1) is 9.68. The van der Waals surface area contributed by atoms with Crippen molar-refractivity contribution in [3.63, 3.8) is 0 Å². The largest absolute Gasteiger partial charge is 0.478 e. The quantitative estimate of drug-likeness (QED) is 0.905. The maximum absolute atomic E-state index is 11.4. The van der Waals surface area contributed by atoms with Crippen molar-refractivity contribution in [2.75, 3.05) is 18.0 Å². The number of carboxylic acid groups (broad SMARTS) is 1. The van der Waals surface area contributed by atoms with Crippen molar-refractivity contribution in [1.82, 2.24) is 4.98 Å². The fourth-order valence-corrected chi connectivity index (χ4v) is 2.66. The molecule has 0 aromatic carbocycles. The van der Waals surface area contributed by atoms with Gasteiger partial charge in [-0.15, -0.1) is 0 Å². The fourth-order valence-electron chi connectivity index (χ4n) is 2.66. The lowest BCUT2D eigenvalue weighted by molar-refractivity contribution is 0.0696. The summed E-state index contributed by atoms with van der Waals surface area (Å²) in [7, 11) is 0. The Bertz CT molecular complexity index is 534. The van der Waals surface area contributed by atoms with E-state index >= 15 is 0 Å². The highest BCUT2D eigenvalue weighted by Crippen LogP contribution is 2.29. The third-order valence-electron chi connectivity index (χ3n) is 4.49. The van der Waals surface area contributed by atoms with E-state index in [0.29, 0.717) is 17.4 Å². The molecule has 2 atom stereocenters. The second kappa shape index (κ2) is 5.66. The average Bonchev–Trinajstić information content (AvgIpc) is 2.40. The SMILES string of the molecule is CC1CCN(c2cc(C(=O)O)cc(C(C)(C)C)n2)CC1C. The van der Waals surface area contributed by atoms with E-state index in [1.54, 1.807) is 12.1 Å². The number of piperidine rings is 1. The molecule has 1 aromatic heterocycles. The van der Waals surface area contributed by atoms with Gasteiger partial charge in [-0.1, -0.05) is 34.6 Å². The number of hydrogen-bond acceptors (Lipinski definition) is 3. The van der Waals surface area contributed by atoms with Crippen molar-refractivity contribution in [3.05, 3.63) is 23.4 Å². The molecule has 1 aromatic rings. The van der Waals surface area contributed by atoms with Gasteiger partial charge in [0.15, 0.2) is 0 Å². The van der Waals surface area contributed by atoms with Gasteiger partial charge in [-0.2, -0.15) is 0 Å². The minimum Gasteiger partial charge on any atom is -0.478 e. The van der Waals surface area contributed by atoms with Gasteiger partial charge in [0.05, 0.1) is 5.56 Å². The van der Waals surface area contributed by atoms with Crippen molar-refractivity contribution in [2.24, 2.45) is 11.8 Å². The van der Waals surface area contributed by atoms with Crippen LogP contribution in [-0.2, 0) is 5.41 Å². The second-order valence-electron chi connectivity index (χ2n) is 7.34. The molecule has 2 rings (SSSR count). The lowest BCUT2D eigenvalue weighted by Gasteiger charge is -2.36. The second-order valence-corrected chi connectivity index (χ2v) is 7.34. The van der Waals surface area contributed by atoms with Crippen LogP contribution < -0.4 is 4.90 Å². The van der Waals surface area contributed by atoms with Crippen LogP contribution in [0.2, 0.25) is 0 Å². The number of aromatic nitrogens is 1. The van der Waals surface area contributed by atoms with Gasteiger partial charge in [0.25, 0.3) is 0 Å². The van der Waals surface area contributed by atoms with Gasteiger partial charge in [-0.25, -0.2) is 9.78 Å². The van der Waals surface area contributed by atoms with E-state index in [4.69, 9.17) is 4.98 Å². The molecule has 4 nitrogen and oxygen atoms in total. The van der Waals surface area contributed by atoms with Crippen molar-refractivity contribution >= 4 is 11.8 Å². The summed E-state index contributed by atoms with van der Waals surface area (Å²) >= 11 is 0. The number of hydrogen-bond donors (Lipinski definition) is 1. The molecule has 2 unspecified atom stereocenters. The van der Waals surface area contributed by atoms with Gasteiger partial charge >= 0.3 is 5.97 Å². The molecule has 0 spiro atoms. The zero-order valence-corrected chi connectivity index (χ0v) is 13.7. The first-order valence-electron chi connectivity index (χ1n) is 7.69. The lowest BCUT2D eigenvalue weighted by Crippen LogP contribution is -2.39. The highest BCUT2D eigenvalue weighted by atomic mass is 16.4. The maximum Gasteiger partial charge on any atom is 0.335 e. The number of carboxylic acids is 1. The Morgan fingerprint density at radius 2 is 1.95 bits per heavy atom. The van der Waals surface area contributed by atoms with Gasteiger partial charge < -0.3 is 10.0 Å². The molecule has 0 radical (unpaired) electrons. The van der Waals surface area contributed by atoms with Gasteiger partial charge in [0.1, 0.15) is 5.82 Å². The van der Waals surface area contributed by atoms with E-state index in [1.165, 1.54) is 0 Å². The molecule has 2 heterocycles. The van der Waals surface area contributed by atoms with E-state index in [9.17, 15) is 9.90 Å². The van der Waals surface area contributed by atoms with Crippen LogP contribution in [0.5, 0.6) is 0 Å². The Morgan fingerprint density at radius 3 is 2.48 bits per heavy atom. The normalized spacial score (nSPS) is 23.2. The first-order valence-corrected chi connectivity index (χ1v) is 7.69. The number of carbonyl (C=O) groups is 1. The molecule has 4 heteroatoms. The number of nitrogens with zero attached hydrogens (tertiary/aromatic N) is 2. The van der Waals surface area contributed by atoms with E-state index in [-0.39, 0.29) is 5.41 Å². The number of anilines is 1. The van der Waals surface area contributed by atoms with Crippen LogP contribution in [0.25, 0.3) is 0 Å². The highest BCUT2D eigenvalue weighted by molar-refractivity contribution is 5.88. The summed E-state index contributed by atoms with van der Waals surface area (Å²) in [5, 5.41) is 9.35. The molecule has 1 saturated heterocycles. The Kier molecular flexibility index (Phi) is 4.26. The van der Waals surface area contributed by atoms with Crippen LogP contribution in [0, 0.1) is 11.8 Å². The molecule has 1 fully saturated rings. The van der Waals surface area contributed by atoms with Crippen LogP contribution >= 0.6 is 0 Å². The summed E-state index contributed by atoms with van der Waals surface area (Å²) in [6.07, 6.45) is 1.13. The fraction of sp³-hybridized carbons (Fsp3) is 0.647. The summed E-state index contributed by atoms with van der Waals surface area (Å²) < 4.78 is 0. The van der Waals surface area contributed by atoms with E-state index in [2.05, 4.69) is 39.5 Å². The molecule has 1 aliphatic heterocycles. The first kappa shape index (κ1) is 15.8. The van der Waals surface area contributed by atoms with Gasteiger partial charge in [-0.05, 0) is 30.4 Å². The third-order valence-corrected chi connectivity index (χ3v) is 4.49. The smallest absolute Gasteiger partial charge is 0.335 e. The standard InChI is InChI=1S/C17H26N2O2/c1-11-6-7-19(10-12(11)2)15-9-13(16(20)21)8-14(18-15)17(3,4)5/h8-9,11-12H,6-7,10H2,1-5H3,(H,20,21). The van der Waals surface area contributed by atoms with Crippen LogP contribution in [0.15, 0.2) is 12.1 Å². The maximum atomic E-state index is 11.4. The minimum atomic E-state index is -0.887. The zero-order valence-electron chi connectivity index (χ0n) is 13.7. The molecular formula is C17H26N2O2. The van der Waals surface area contributed by atoms with E-state index < -0.39 is 5.97 Å². The van der Waals surface area contributed by atoms with Crippen LogP contribution in [0.1, 0.15) is 57.1 Å². The summed E-state index contributed by atoms with van der Waals surface area (Å²) in [5.41, 5.74) is 1.01. The summed E-state index contributed by atoms with van der Waals surface area (Å²) in [6.45, 7) is 12.6. The molecule has 0 amide bonds. The predicted molar refractivity (Wildman–Crippen MR) is 85.1 cm³/mol. The molecule has 116 valence electrons. The van der Waals surface area contributed by atoms with Crippen LogP contribution in [-0.4, -0.2) is 29.1 Å². The van der Waals surface area contributed by atoms with Crippen molar-refractivity contribution in [2.45, 2.75) is 46.5 Å². The molecule has 0 bridgehead atoms. The van der Waals surface area contributed by atoms with Crippen molar-refractivity contribution in [3.8, 4) is 0 Å².